The average Bonchev–Trinajstić information content (AvgIpc) is 3.43. The van der Waals surface area contributed by atoms with E-state index in [-0.39, 0.29) is 31.1 Å². The molecule has 0 saturated heterocycles. The Labute approximate surface area is 479 Å². The molecule has 448 valence electrons. The fourth-order valence-corrected chi connectivity index (χ4v) is 9.96. The highest BCUT2D eigenvalue weighted by molar-refractivity contribution is 5.71. The normalized spacial score (nSPS) is 12.4. The van der Waals surface area contributed by atoms with Crippen LogP contribution in [0, 0.1) is 0 Å². The van der Waals surface area contributed by atoms with Crippen molar-refractivity contribution in [2.45, 2.75) is 361 Å². The Balaban J connectivity index is 4.14. The number of hydrogen-bond donors (Lipinski definition) is 0. The van der Waals surface area contributed by atoms with E-state index < -0.39 is 6.10 Å². The minimum Gasteiger partial charge on any atom is -0.462 e. The smallest absolute Gasteiger partial charge is 0.306 e. The average molecular weight is 1080 g/mol. The summed E-state index contributed by atoms with van der Waals surface area (Å²) in [4.78, 5) is 38.3. The predicted octanol–water partition coefficient (Wildman–Crippen LogP) is 23.1. The molecule has 1 unspecified atom stereocenters. The van der Waals surface area contributed by atoms with Crippen LogP contribution >= 0.6 is 0 Å². The van der Waals surface area contributed by atoms with E-state index in [2.05, 4.69) is 81.5 Å². The van der Waals surface area contributed by atoms with Crippen LogP contribution in [0.1, 0.15) is 355 Å². The molecule has 0 amide bonds. The summed E-state index contributed by atoms with van der Waals surface area (Å²) in [6.07, 6.45) is 83.9. The molecule has 1 atom stereocenters. The molecule has 0 radical (unpaired) electrons. The maximum absolute atomic E-state index is 12.9. The van der Waals surface area contributed by atoms with E-state index in [9.17, 15) is 14.4 Å². The lowest BCUT2D eigenvalue weighted by molar-refractivity contribution is -0.167. The van der Waals surface area contributed by atoms with Gasteiger partial charge in [-0.05, 0) is 83.5 Å². The van der Waals surface area contributed by atoms with Crippen molar-refractivity contribution < 1.29 is 28.6 Å². The molecule has 0 heterocycles. The Kier molecular flexibility index (Phi) is 63.2. The topological polar surface area (TPSA) is 78.9 Å². The lowest BCUT2D eigenvalue weighted by atomic mass is 10.0. The van der Waals surface area contributed by atoms with Gasteiger partial charge in [0.25, 0.3) is 0 Å². The highest BCUT2D eigenvalue weighted by atomic mass is 16.6. The van der Waals surface area contributed by atoms with Crippen LogP contribution in [0.2, 0.25) is 0 Å². The lowest BCUT2D eigenvalue weighted by Gasteiger charge is -2.18. The number of rotatable bonds is 62. The van der Waals surface area contributed by atoms with Crippen LogP contribution in [-0.4, -0.2) is 37.2 Å². The summed E-state index contributed by atoms with van der Waals surface area (Å²) in [5.74, 6) is -0.858. The Morgan fingerprint density at radius 1 is 0.273 bits per heavy atom. The van der Waals surface area contributed by atoms with Gasteiger partial charge in [0.1, 0.15) is 13.2 Å². The highest BCUT2D eigenvalue weighted by Gasteiger charge is 2.19. The molecule has 0 aliphatic carbocycles. The molecule has 0 rings (SSSR count). The van der Waals surface area contributed by atoms with Crippen LogP contribution in [0.15, 0.2) is 60.8 Å². The highest BCUT2D eigenvalue weighted by Crippen LogP contribution is 2.18. The van der Waals surface area contributed by atoms with E-state index in [1.807, 2.05) is 0 Å². The number of ether oxygens (including phenoxy) is 3. The van der Waals surface area contributed by atoms with Gasteiger partial charge in [-0.2, -0.15) is 0 Å². The van der Waals surface area contributed by atoms with Crippen LogP contribution in [0.4, 0.5) is 0 Å². The first-order valence-corrected chi connectivity index (χ1v) is 33.8. The van der Waals surface area contributed by atoms with E-state index in [1.54, 1.807) is 0 Å². The molecule has 0 aromatic carbocycles. The predicted molar refractivity (Wildman–Crippen MR) is 335 cm³/mol. The number of esters is 3. The zero-order valence-corrected chi connectivity index (χ0v) is 51.5. The van der Waals surface area contributed by atoms with Gasteiger partial charge in [0, 0.05) is 19.3 Å². The molecule has 77 heavy (non-hydrogen) atoms. The van der Waals surface area contributed by atoms with Gasteiger partial charge in [-0.15, -0.1) is 0 Å². The van der Waals surface area contributed by atoms with Gasteiger partial charge in [0.2, 0.25) is 0 Å². The summed E-state index contributed by atoms with van der Waals surface area (Å²) in [5, 5.41) is 0. The van der Waals surface area contributed by atoms with Crippen molar-refractivity contribution in [2.75, 3.05) is 13.2 Å². The van der Waals surface area contributed by atoms with Gasteiger partial charge in [-0.1, -0.05) is 313 Å². The molecule has 6 nitrogen and oxygen atoms in total. The molecule has 0 aliphatic heterocycles. The van der Waals surface area contributed by atoms with E-state index in [4.69, 9.17) is 14.2 Å². The Morgan fingerprint density at radius 3 is 0.805 bits per heavy atom. The number of hydrogen-bond acceptors (Lipinski definition) is 6. The van der Waals surface area contributed by atoms with Crippen molar-refractivity contribution in [3.63, 3.8) is 0 Å². The first-order valence-electron chi connectivity index (χ1n) is 33.8. The maximum Gasteiger partial charge on any atom is 0.306 e. The molecule has 0 bridgehead atoms. The van der Waals surface area contributed by atoms with Crippen LogP contribution in [0.3, 0.4) is 0 Å². The number of carbonyl (C=O) groups is 3. The fourth-order valence-electron chi connectivity index (χ4n) is 9.96. The molecular formula is C71H128O6. The largest absolute Gasteiger partial charge is 0.462 e. The molecule has 0 spiro atoms. The first-order chi connectivity index (χ1) is 38.0. The fraction of sp³-hybridized carbons (Fsp3) is 0.817. The first kappa shape index (κ1) is 74.1. The second-order valence-corrected chi connectivity index (χ2v) is 22.7. The van der Waals surface area contributed by atoms with Crippen molar-refractivity contribution in [3.05, 3.63) is 60.8 Å². The summed E-state index contributed by atoms with van der Waals surface area (Å²) in [6, 6.07) is 0. The van der Waals surface area contributed by atoms with Crippen molar-refractivity contribution in [1.82, 2.24) is 0 Å². The molecule has 6 heteroatoms. The quantitative estimate of drug-likeness (QED) is 0.0261. The number of allylic oxidation sites excluding steroid dienone is 10. The number of unbranched alkanes of at least 4 members (excludes halogenated alkanes) is 41. The third kappa shape index (κ3) is 63.8. The zero-order valence-electron chi connectivity index (χ0n) is 51.5. The molecular weight excluding hydrogens is 949 g/mol. The third-order valence-corrected chi connectivity index (χ3v) is 15.0. The molecule has 0 aromatic heterocycles. The summed E-state index contributed by atoms with van der Waals surface area (Å²) < 4.78 is 16.9. The van der Waals surface area contributed by atoms with E-state index in [0.717, 1.165) is 89.9 Å². The molecule has 0 aliphatic rings. The van der Waals surface area contributed by atoms with Gasteiger partial charge in [-0.25, -0.2) is 0 Å². The van der Waals surface area contributed by atoms with Crippen LogP contribution in [-0.2, 0) is 28.6 Å². The second-order valence-electron chi connectivity index (χ2n) is 22.7. The van der Waals surface area contributed by atoms with Crippen LogP contribution < -0.4 is 0 Å². The summed E-state index contributed by atoms with van der Waals surface area (Å²) in [7, 11) is 0. The standard InChI is InChI=1S/C71H128O6/c1-4-7-10-13-16-19-22-25-28-29-30-31-32-33-34-35-36-37-38-39-40-41-42-43-44-47-49-52-55-58-61-64-70(73)76-67-68(77-71(74)65-62-59-56-53-50-46-27-24-21-18-15-12-9-6-3)66-75-69(72)63-60-57-54-51-48-45-26-23-20-17-14-11-8-5-2/h7,10,16,19,24-25,27-28,30-31,68H,4-6,8-9,11-15,17-18,20-23,26,29,32-67H2,1-3H3/b10-7-,19-16-,27-24-,28-25-,31-30-. The van der Waals surface area contributed by atoms with Crippen LogP contribution in [0.5, 0.6) is 0 Å². The van der Waals surface area contributed by atoms with Crippen LogP contribution in [0.25, 0.3) is 0 Å². The SMILES string of the molecule is CC/C=C\C/C=C\C/C=C\C/C=C\CCCCCCCCCCCCCCCCCCCCC(=O)OCC(COC(=O)CCCCCCCCCCCCCCCC)OC(=O)CCCCCCC/C=C\CCCCCCC. The van der Waals surface area contributed by atoms with Gasteiger partial charge in [0.05, 0.1) is 0 Å². The Bertz CT molecular complexity index is 1380. The summed E-state index contributed by atoms with van der Waals surface area (Å²) in [6.45, 7) is 6.56. The second kappa shape index (κ2) is 65.6. The minimum atomic E-state index is -0.775. The van der Waals surface area contributed by atoms with Gasteiger partial charge >= 0.3 is 17.9 Å². The zero-order chi connectivity index (χ0) is 55.7. The Hall–Kier alpha value is -2.89. The van der Waals surface area contributed by atoms with Gasteiger partial charge < -0.3 is 14.2 Å². The van der Waals surface area contributed by atoms with E-state index in [0.29, 0.717) is 19.3 Å². The molecule has 0 aromatic rings. The summed E-state index contributed by atoms with van der Waals surface area (Å²) in [5.41, 5.74) is 0. The van der Waals surface area contributed by atoms with Crippen molar-refractivity contribution >= 4 is 17.9 Å². The Morgan fingerprint density at radius 2 is 0.506 bits per heavy atom. The van der Waals surface area contributed by atoms with E-state index >= 15 is 0 Å². The van der Waals surface area contributed by atoms with Gasteiger partial charge in [-0.3, -0.25) is 14.4 Å². The van der Waals surface area contributed by atoms with Crippen molar-refractivity contribution in [1.29, 1.82) is 0 Å². The molecule has 0 N–H and O–H groups in total. The third-order valence-electron chi connectivity index (χ3n) is 15.0. The molecule has 0 fully saturated rings. The van der Waals surface area contributed by atoms with Crippen molar-refractivity contribution in [3.8, 4) is 0 Å². The monoisotopic (exact) mass is 1080 g/mol. The minimum absolute atomic E-state index is 0.0714. The summed E-state index contributed by atoms with van der Waals surface area (Å²) >= 11 is 0. The maximum atomic E-state index is 12.9. The van der Waals surface area contributed by atoms with E-state index in [1.165, 1.54) is 225 Å². The van der Waals surface area contributed by atoms with Gasteiger partial charge in [0.15, 0.2) is 6.10 Å². The molecule has 0 saturated carbocycles. The van der Waals surface area contributed by atoms with Crippen molar-refractivity contribution in [2.24, 2.45) is 0 Å². The lowest BCUT2D eigenvalue weighted by Crippen LogP contribution is -2.30. The number of carbonyl (C=O) groups excluding carboxylic acids is 3.